The molecule has 0 fully saturated rings. The summed E-state index contributed by atoms with van der Waals surface area (Å²) < 4.78 is 25.8. The van der Waals surface area contributed by atoms with Crippen molar-refractivity contribution in [1.82, 2.24) is 4.31 Å². The SMILES string of the molecule is C=Cc1ccccc1C(=C)N(C)SC(F)F. The van der Waals surface area contributed by atoms with E-state index in [1.165, 1.54) is 4.31 Å². The molecule has 1 aromatic carbocycles. The van der Waals surface area contributed by atoms with Crippen LogP contribution < -0.4 is 0 Å². The first-order chi connectivity index (χ1) is 7.56. The van der Waals surface area contributed by atoms with Crippen LogP contribution in [0.15, 0.2) is 37.4 Å². The summed E-state index contributed by atoms with van der Waals surface area (Å²) in [5.74, 6) is -2.45. The molecule has 0 unspecified atom stereocenters. The molecule has 0 bridgehead atoms. The Morgan fingerprint density at radius 3 is 2.62 bits per heavy atom. The Morgan fingerprint density at radius 2 is 2.06 bits per heavy atom. The van der Waals surface area contributed by atoms with Gasteiger partial charge in [-0.25, -0.2) is 0 Å². The summed E-state index contributed by atoms with van der Waals surface area (Å²) >= 11 is 0.443. The molecule has 0 spiro atoms. The molecule has 0 saturated heterocycles. The molecule has 0 aliphatic heterocycles. The number of nitrogens with zero attached hydrogens (tertiary/aromatic N) is 1. The summed E-state index contributed by atoms with van der Waals surface area (Å²) in [6.07, 6.45) is 1.68. The zero-order valence-electron chi connectivity index (χ0n) is 8.99. The van der Waals surface area contributed by atoms with E-state index in [9.17, 15) is 8.78 Å². The molecule has 0 amide bonds. The third-order valence-electron chi connectivity index (χ3n) is 2.11. The smallest absolute Gasteiger partial charge is 0.302 e. The van der Waals surface area contributed by atoms with Crippen molar-refractivity contribution in [2.75, 3.05) is 7.05 Å². The van der Waals surface area contributed by atoms with Crippen LogP contribution in [0.1, 0.15) is 11.1 Å². The maximum absolute atomic E-state index is 12.2. The minimum Gasteiger partial charge on any atom is -0.315 e. The summed E-state index contributed by atoms with van der Waals surface area (Å²) in [6.45, 7) is 7.49. The zero-order valence-corrected chi connectivity index (χ0v) is 9.81. The second-order valence-corrected chi connectivity index (χ2v) is 4.22. The standard InChI is InChI=1S/C12H13F2NS/c1-4-10-7-5-6-8-11(10)9(2)15(3)16-12(13)14/h4-8,12H,1-2H2,3H3. The van der Waals surface area contributed by atoms with Crippen LogP contribution in [0.5, 0.6) is 0 Å². The summed E-state index contributed by atoms with van der Waals surface area (Å²) in [6, 6.07) is 7.42. The van der Waals surface area contributed by atoms with Crippen LogP contribution in [-0.4, -0.2) is 17.1 Å². The molecule has 0 N–H and O–H groups in total. The topological polar surface area (TPSA) is 3.24 Å². The van der Waals surface area contributed by atoms with Gasteiger partial charge in [-0.1, -0.05) is 43.5 Å². The lowest BCUT2D eigenvalue weighted by Gasteiger charge is -2.21. The third-order valence-corrected chi connectivity index (χ3v) is 2.81. The predicted octanol–water partition coefficient (Wildman–Crippen LogP) is 4.10. The van der Waals surface area contributed by atoms with Crippen molar-refractivity contribution in [2.24, 2.45) is 0 Å². The van der Waals surface area contributed by atoms with E-state index < -0.39 is 5.76 Å². The first kappa shape index (κ1) is 12.8. The molecular weight excluding hydrogens is 228 g/mol. The van der Waals surface area contributed by atoms with Gasteiger partial charge < -0.3 is 4.31 Å². The zero-order chi connectivity index (χ0) is 12.1. The summed E-state index contributed by atoms with van der Waals surface area (Å²) in [7, 11) is 1.57. The summed E-state index contributed by atoms with van der Waals surface area (Å²) in [4.78, 5) is 0. The van der Waals surface area contributed by atoms with Crippen molar-refractivity contribution in [3.05, 3.63) is 48.6 Å². The van der Waals surface area contributed by atoms with Crippen LogP contribution in [0.25, 0.3) is 11.8 Å². The van der Waals surface area contributed by atoms with Crippen molar-refractivity contribution in [3.8, 4) is 0 Å². The number of hydrogen-bond acceptors (Lipinski definition) is 2. The number of rotatable bonds is 5. The van der Waals surface area contributed by atoms with Gasteiger partial charge in [-0.15, -0.1) is 0 Å². The van der Waals surface area contributed by atoms with Gasteiger partial charge in [0.05, 0.1) is 0 Å². The summed E-state index contributed by atoms with van der Waals surface area (Å²) in [5, 5.41) is 0. The van der Waals surface area contributed by atoms with Crippen molar-refractivity contribution in [1.29, 1.82) is 0 Å². The highest BCUT2D eigenvalue weighted by atomic mass is 32.2. The number of hydrogen-bond donors (Lipinski definition) is 0. The molecule has 1 aromatic rings. The Kier molecular flexibility index (Phi) is 4.55. The molecule has 1 nitrogen and oxygen atoms in total. The van der Waals surface area contributed by atoms with Gasteiger partial charge in [0.15, 0.2) is 0 Å². The van der Waals surface area contributed by atoms with E-state index >= 15 is 0 Å². The maximum atomic E-state index is 12.2. The molecule has 0 aromatic heterocycles. The summed E-state index contributed by atoms with van der Waals surface area (Å²) in [5.41, 5.74) is 2.24. The lowest BCUT2D eigenvalue weighted by atomic mass is 10.1. The van der Waals surface area contributed by atoms with Gasteiger partial charge in [0.1, 0.15) is 0 Å². The van der Waals surface area contributed by atoms with E-state index in [0.717, 1.165) is 11.1 Å². The van der Waals surface area contributed by atoms with Gasteiger partial charge >= 0.3 is 5.76 Å². The van der Waals surface area contributed by atoms with E-state index in [1.54, 1.807) is 13.1 Å². The lowest BCUT2D eigenvalue weighted by molar-refractivity contribution is 0.248. The average Bonchev–Trinajstić information content (AvgIpc) is 2.27. The van der Waals surface area contributed by atoms with Crippen molar-refractivity contribution in [3.63, 3.8) is 0 Å². The van der Waals surface area contributed by atoms with Crippen LogP contribution in [0.3, 0.4) is 0 Å². The fourth-order valence-electron chi connectivity index (χ4n) is 1.29. The van der Waals surface area contributed by atoms with Crippen molar-refractivity contribution in [2.45, 2.75) is 5.76 Å². The first-order valence-electron chi connectivity index (χ1n) is 4.65. The fourth-order valence-corrected chi connectivity index (χ4v) is 1.76. The molecule has 0 aliphatic rings. The quantitative estimate of drug-likeness (QED) is 0.714. The normalized spacial score (nSPS) is 10.2. The highest BCUT2D eigenvalue weighted by molar-refractivity contribution is 7.97. The second-order valence-electron chi connectivity index (χ2n) is 3.10. The van der Waals surface area contributed by atoms with Gasteiger partial charge in [-0.3, -0.25) is 0 Å². The molecule has 0 saturated carbocycles. The van der Waals surface area contributed by atoms with Gasteiger partial charge in [-0.05, 0) is 5.56 Å². The molecule has 86 valence electrons. The predicted molar refractivity (Wildman–Crippen MR) is 66.9 cm³/mol. The molecule has 4 heteroatoms. The Labute approximate surface area is 98.6 Å². The molecule has 0 radical (unpaired) electrons. The lowest BCUT2D eigenvalue weighted by Crippen LogP contribution is -2.10. The van der Waals surface area contributed by atoms with Crippen LogP contribution in [0.4, 0.5) is 8.78 Å². The van der Waals surface area contributed by atoms with E-state index in [0.29, 0.717) is 17.6 Å². The third kappa shape index (κ3) is 3.10. The Morgan fingerprint density at radius 1 is 1.44 bits per heavy atom. The van der Waals surface area contributed by atoms with E-state index in [2.05, 4.69) is 13.2 Å². The van der Waals surface area contributed by atoms with E-state index in [4.69, 9.17) is 0 Å². The molecule has 0 atom stereocenters. The van der Waals surface area contributed by atoms with E-state index in [-0.39, 0.29) is 0 Å². The Balaban J connectivity index is 2.91. The maximum Gasteiger partial charge on any atom is 0.302 e. The monoisotopic (exact) mass is 241 g/mol. The van der Waals surface area contributed by atoms with Crippen LogP contribution in [0, 0.1) is 0 Å². The van der Waals surface area contributed by atoms with Crippen LogP contribution >= 0.6 is 11.9 Å². The van der Waals surface area contributed by atoms with Crippen molar-refractivity contribution >= 4 is 23.7 Å². The molecule has 0 aliphatic carbocycles. The van der Waals surface area contributed by atoms with Gasteiger partial charge in [0.2, 0.25) is 0 Å². The van der Waals surface area contributed by atoms with Gasteiger partial charge in [0, 0.05) is 30.3 Å². The highest BCUT2D eigenvalue weighted by Gasteiger charge is 2.13. The van der Waals surface area contributed by atoms with Crippen LogP contribution in [0.2, 0.25) is 0 Å². The van der Waals surface area contributed by atoms with Crippen LogP contribution in [-0.2, 0) is 0 Å². The molecule has 16 heavy (non-hydrogen) atoms. The Hall–Kier alpha value is -1.29. The minimum absolute atomic E-state index is 0.443. The number of halogens is 2. The number of alkyl halides is 2. The minimum atomic E-state index is -2.45. The van der Waals surface area contributed by atoms with Crippen molar-refractivity contribution < 1.29 is 8.78 Å². The molecule has 1 rings (SSSR count). The second kappa shape index (κ2) is 5.70. The average molecular weight is 241 g/mol. The molecular formula is C12H13F2NS. The first-order valence-corrected chi connectivity index (χ1v) is 5.49. The van der Waals surface area contributed by atoms with E-state index in [1.807, 2.05) is 24.3 Å². The fraction of sp³-hybridized carbons (Fsp3) is 0.167. The Bertz CT molecular complexity index is 390. The van der Waals surface area contributed by atoms with Gasteiger partial charge in [-0.2, -0.15) is 8.78 Å². The largest absolute Gasteiger partial charge is 0.315 e. The highest BCUT2D eigenvalue weighted by Crippen LogP contribution is 2.29. The van der Waals surface area contributed by atoms with Gasteiger partial charge in [0.25, 0.3) is 0 Å². The number of benzene rings is 1. The molecule has 0 heterocycles.